The van der Waals surface area contributed by atoms with Crippen molar-refractivity contribution in [3.63, 3.8) is 0 Å². The zero-order chi connectivity index (χ0) is 11.7. The molecule has 1 heterocycles. The summed E-state index contributed by atoms with van der Waals surface area (Å²) in [6, 6.07) is 6.18. The lowest BCUT2D eigenvalue weighted by molar-refractivity contribution is -0.115. The van der Waals surface area contributed by atoms with Gasteiger partial charge in [-0.05, 0) is 31.1 Å². The van der Waals surface area contributed by atoms with E-state index in [1.165, 1.54) is 17.3 Å². The van der Waals surface area contributed by atoms with Crippen LogP contribution in [0.15, 0.2) is 23.1 Å². The van der Waals surface area contributed by atoms with E-state index in [0.717, 1.165) is 11.1 Å². The van der Waals surface area contributed by atoms with Gasteiger partial charge in [0.15, 0.2) is 0 Å². The van der Waals surface area contributed by atoms with Crippen molar-refractivity contribution in [2.45, 2.75) is 13.8 Å². The first-order valence-electron chi connectivity index (χ1n) is 4.88. The number of hydrogen-bond acceptors (Lipinski definition) is 3. The highest BCUT2D eigenvalue weighted by Gasteiger charge is 2.22. The maximum absolute atomic E-state index is 11.5. The van der Waals surface area contributed by atoms with Crippen LogP contribution in [-0.4, -0.2) is 10.2 Å². The Hall–Kier alpha value is -1.13. The third-order valence-electron chi connectivity index (χ3n) is 2.36. The van der Waals surface area contributed by atoms with E-state index in [-0.39, 0.29) is 5.91 Å². The third-order valence-corrected chi connectivity index (χ3v) is 3.53. The number of thiocarbonyl (C=S) groups is 1. The predicted molar refractivity (Wildman–Crippen MR) is 72.2 cm³/mol. The van der Waals surface area contributed by atoms with Gasteiger partial charge in [-0.15, -0.1) is 0 Å². The van der Waals surface area contributed by atoms with E-state index >= 15 is 0 Å². The first kappa shape index (κ1) is 11.4. The first-order valence-corrected chi connectivity index (χ1v) is 6.11. The summed E-state index contributed by atoms with van der Waals surface area (Å²) in [5.74, 6) is -0.101. The summed E-state index contributed by atoms with van der Waals surface area (Å²) < 4.78 is 0.529. The number of benzene rings is 1. The average molecular weight is 249 g/mol. The van der Waals surface area contributed by atoms with Crippen LogP contribution < -0.4 is 5.32 Å². The number of rotatable bonds is 1. The Kier molecular flexibility index (Phi) is 3.12. The van der Waals surface area contributed by atoms with Crippen LogP contribution in [0, 0.1) is 13.8 Å². The van der Waals surface area contributed by atoms with Gasteiger partial charge in [0, 0.05) is 0 Å². The topological polar surface area (TPSA) is 29.1 Å². The van der Waals surface area contributed by atoms with Crippen LogP contribution >= 0.6 is 24.0 Å². The third kappa shape index (κ3) is 2.33. The van der Waals surface area contributed by atoms with Crippen molar-refractivity contribution in [2.75, 3.05) is 0 Å². The van der Waals surface area contributed by atoms with Crippen molar-refractivity contribution < 1.29 is 4.79 Å². The molecule has 4 heteroatoms. The van der Waals surface area contributed by atoms with E-state index in [1.54, 1.807) is 0 Å². The summed E-state index contributed by atoms with van der Waals surface area (Å²) in [4.78, 5) is 12.2. The molecular weight excluding hydrogens is 238 g/mol. The minimum Gasteiger partial charge on any atom is -0.307 e. The first-order chi connectivity index (χ1) is 7.56. The maximum Gasteiger partial charge on any atom is 0.263 e. The molecule has 1 fully saturated rings. The minimum atomic E-state index is -0.101. The van der Waals surface area contributed by atoms with E-state index in [2.05, 4.69) is 23.5 Å². The van der Waals surface area contributed by atoms with E-state index < -0.39 is 0 Å². The van der Waals surface area contributed by atoms with Gasteiger partial charge in [0.1, 0.15) is 4.32 Å². The molecule has 1 aromatic carbocycles. The van der Waals surface area contributed by atoms with E-state index in [0.29, 0.717) is 9.23 Å². The van der Waals surface area contributed by atoms with Crippen LogP contribution in [0.4, 0.5) is 0 Å². The Morgan fingerprint density at radius 3 is 2.75 bits per heavy atom. The Bertz CT molecular complexity index is 506. The van der Waals surface area contributed by atoms with Gasteiger partial charge in [0.25, 0.3) is 5.91 Å². The number of amides is 1. The molecule has 0 unspecified atom stereocenters. The molecule has 2 nitrogen and oxygen atoms in total. The molecule has 1 aliphatic rings. The summed E-state index contributed by atoms with van der Waals surface area (Å²) in [5.41, 5.74) is 3.41. The molecule has 0 saturated carbocycles. The van der Waals surface area contributed by atoms with Crippen LogP contribution in [0.3, 0.4) is 0 Å². The molecule has 0 atom stereocenters. The molecule has 0 radical (unpaired) electrons. The summed E-state index contributed by atoms with van der Waals surface area (Å²) in [6.07, 6.45) is 1.89. The molecule has 1 amide bonds. The SMILES string of the molecule is Cc1ccc(C)c(C=C2SC(=S)NC2=O)c1. The zero-order valence-electron chi connectivity index (χ0n) is 9.03. The van der Waals surface area contributed by atoms with Crippen molar-refractivity contribution in [3.8, 4) is 0 Å². The lowest BCUT2D eigenvalue weighted by Crippen LogP contribution is -2.17. The monoisotopic (exact) mass is 249 g/mol. The molecule has 0 spiro atoms. The molecular formula is C12H11NOS2. The van der Waals surface area contributed by atoms with E-state index in [9.17, 15) is 4.79 Å². The van der Waals surface area contributed by atoms with E-state index in [4.69, 9.17) is 12.2 Å². The molecule has 1 aliphatic heterocycles. The standard InChI is InChI=1S/C12H11NOS2/c1-7-3-4-8(2)9(5-7)6-10-11(14)13-12(15)16-10/h3-6H,1-2H3,(H,13,14,15). The van der Waals surface area contributed by atoms with Gasteiger partial charge >= 0.3 is 0 Å². The van der Waals surface area contributed by atoms with Crippen LogP contribution in [0.5, 0.6) is 0 Å². The lowest BCUT2D eigenvalue weighted by Gasteiger charge is -2.02. The van der Waals surface area contributed by atoms with Gasteiger partial charge in [-0.1, -0.05) is 47.7 Å². The predicted octanol–water partition coefficient (Wildman–Crippen LogP) is 2.79. The Labute approximate surface area is 104 Å². The molecule has 2 rings (SSSR count). The fourth-order valence-corrected chi connectivity index (χ4v) is 2.51. The molecule has 1 aromatic rings. The molecule has 1 saturated heterocycles. The number of hydrogen-bond donors (Lipinski definition) is 1. The highest BCUT2D eigenvalue weighted by molar-refractivity contribution is 8.26. The molecule has 82 valence electrons. The van der Waals surface area contributed by atoms with Crippen molar-refractivity contribution in [1.82, 2.24) is 5.32 Å². The molecule has 0 aromatic heterocycles. The van der Waals surface area contributed by atoms with Gasteiger partial charge in [-0.2, -0.15) is 0 Å². The number of aryl methyl sites for hydroxylation is 2. The number of carbonyl (C=O) groups excluding carboxylic acids is 1. The molecule has 1 N–H and O–H groups in total. The van der Waals surface area contributed by atoms with Gasteiger partial charge in [0.2, 0.25) is 0 Å². The van der Waals surface area contributed by atoms with Crippen LogP contribution in [0.2, 0.25) is 0 Å². The van der Waals surface area contributed by atoms with Gasteiger partial charge in [0.05, 0.1) is 4.91 Å². The number of carbonyl (C=O) groups is 1. The molecule has 0 bridgehead atoms. The zero-order valence-corrected chi connectivity index (χ0v) is 10.7. The summed E-state index contributed by atoms with van der Waals surface area (Å²) in [6.45, 7) is 4.07. The second kappa shape index (κ2) is 4.39. The Morgan fingerprint density at radius 1 is 1.38 bits per heavy atom. The number of thioether (sulfide) groups is 1. The number of nitrogens with one attached hydrogen (secondary N) is 1. The van der Waals surface area contributed by atoms with Crippen molar-refractivity contribution in [1.29, 1.82) is 0 Å². The summed E-state index contributed by atoms with van der Waals surface area (Å²) in [7, 11) is 0. The Balaban J connectivity index is 2.39. The van der Waals surface area contributed by atoms with Gasteiger partial charge in [-0.25, -0.2) is 0 Å². The second-order valence-electron chi connectivity index (χ2n) is 3.71. The summed E-state index contributed by atoms with van der Waals surface area (Å²) >= 11 is 6.25. The fraction of sp³-hybridized carbons (Fsp3) is 0.167. The van der Waals surface area contributed by atoms with Crippen molar-refractivity contribution in [3.05, 3.63) is 39.8 Å². The van der Waals surface area contributed by atoms with Gasteiger partial charge < -0.3 is 5.32 Å². The highest BCUT2D eigenvalue weighted by Crippen LogP contribution is 2.26. The average Bonchev–Trinajstić information content (AvgIpc) is 2.51. The fourth-order valence-electron chi connectivity index (χ4n) is 1.48. The van der Waals surface area contributed by atoms with Crippen LogP contribution in [0.1, 0.15) is 16.7 Å². The second-order valence-corrected chi connectivity index (χ2v) is 5.43. The van der Waals surface area contributed by atoms with Crippen LogP contribution in [-0.2, 0) is 4.79 Å². The summed E-state index contributed by atoms with van der Waals surface area (Å²) in [5, 5.41) is 2.61. The smallest absolute Gasteiger partial charge is 0.263 e. The van der Waals surface area contributed by atoms with Crippen molar-refractivity contribution in [2.24, 2.45) is 0 Å². The van der Waals surface area contributed by atoms with Crippen molar-refractivity contribution >= 4 is 40.3 Å². The Morgan fingerprint density at radius 2 is 2.12 bits per heavy atom. The quantitative estimate of drug-likeness (QED) is 0.613. The molecule has 0 aliphatic carbocycles. The largest absolute Gasteiger partial charge is 0.307 e. The minimum absolute atomic E-state index is 0.101. The maximum atomic E-state index is 11.5. The lowest BCUT2D eigenvalue weighted by atomic mass is 10.1. The van der Waals surface area contributed by atoms with E-state index in [1.807, 2.05) is 19.9 Å². The molecule has 16 heavy (non-hydrogen) atoms. The highest BCUT2D eigenvalue weighted by atomic mass is 32.2. The normalized spacial score (nSPS) is 18.0. The van der Waals surface area contributed by atoms with Gasteiger partial charge in [-0.3, -0.25) is 4.79 Å². The van der Waals surface area contributed by atoms with Crippen LogP contribution in [0.25, 0.3) is 6.08 Å².